The summed E-state index contributed by atoms with van der Waals surface area (Å²) in [5, 5.41) is 5.87. The van der Waals surface area contributed by atoms with Crippen molar-refractivity contribution in [1.29, 1.82) is 0 Å². The average molecular weight is 254 g/mol. The Hall–Kier alpha value is -0.730. The SMILES string of the molecule is CCNC(=O)NC1CCC(C(C)C(C)(C)C)CC1. The van der Waals surface area contributed by atoms with Gasteiger partial charge in [-0.25, -0.2) is 4.79 Å². The number of amides is 2. The lowest BCUT2D eigenvalue weighted by molar-refractivity contribution is 0.130. The minimum absolute atomic E-state index is 0.00943. The molecule has 3 heteroatoms. The molecule has 1 saturated carbocycles. The van der Waals surface area contributed by atoms with Crippen LogP contribution in [0, 0.1) is 17.3 Å². The molecule has 1 aliphatic carbocycles. The Balaban J connectivity index is 2.35. The van der Waals surface area contributed by atoms with Gasteiger partial charge in [0.15, 0.2) is 0 Å². The largest absolute Gasteiger partial charge is 0.338 e. The topological polar surface area (TPSA) is 41.1 Å². The van der Waals surface area contributed by atoms with Gasteiger partial charge in [0.2, 0.25) is 0 Å². The van der Waals surface area contributed by atoms with Crippen LogP contribution in [0.4, 0.5) is 4.79 Å². The predicted octanol–water partition coefficient (Wildman–Crippen LogP) is 3.55. The molecule has 106 valence electrons. The van der Waals surface area contributed by atoms with Crippen molar-refractivity contribution >= 4 is 6.03 Å². The smallest absolute Gasteiger partial charge is 0.314 e. The van der Waals surface area contributed by atoms with Crippen LogP contribution in [-0.4, -0.2) is 18.6 Å². The minimum atomic E-state index is -0.00943. The summed E-state index contributed by atoms with van der Waals surface area (Å²) in [6, 6.07) is 0.366. The number of nitrogens with one attached hydrogen (secondary N) is 2. The third-order valence-electron chi connectivity index (χ3n) is 4.52. The zero-order valence-electron chi connectivity index (χ0n) is 12.7. The van der Waals surface area contributed by atoms with E-state index in [0.717, 1.165) is 24.7 Å². The van der Waals surface area contributed by atoms with Crippen LogP contribution in [0.5, 0.6) is 0 Å². The lowest BCUT2D eigenvalue weighted by Crippen LogP contribution is -2.44. The minimum Gasteiger partial charge on any atom is -0.338 e. The summed E-state index contributed by atoms with van der Waals surface area (Å²) in [7, 11) is 0. The second kappa shape index (κ2) is 6.44. The molecule has 1 aliphatic rings. The highest BCUT2D eigenvalue weighted by atomic mass is 16.2. The number of carbonyl (C=O) groups is 1. The van der Waals surface area contributed by atoms with Crippen LogP contribution in [0.2, 0.25) is 0 Å². The first-order chi connectivity index (χ1) is 8.34. The Morgan fingerprint density at radius 1 is 1.22 bits per heavy atom. The summed E-state index contributed by atoms with van der Waals surface area (Å²) >= 11 is 0. The van der Waals surface area contributed by atoms with Crippen molar-refractivity contribution in [3.63, 3.8) is 0 Å². The van der Waals surface area contributed by atoms with E-state index in [-0.39, 0.29) is 6.03 Å². The highest BCUT2D eigenvalue weighted by Gasteiger charge is 2.31. The van der Waals surface area contributed by atoms with Gasteiger partial charge in [-0.3, -0.25) is 0 Å². The van der Waals surface area contributed by atoms with Crippen LogP contribution in [-0.2, 0) is 0 Å². The first kappa shape index (κ1) is 15.3. The van der Waals surface area contributed by atoms with Gasteiger partial charge in [-0.2, -0.15) is 0 Å². The van der Waals surface area contributed by atoms with Gasteiger partial charge in [0.1, 0.15) is 0 Å². The van der Waals surface area contributed by atoms with Crippen molar-refractivity contribution in [1.82, 2.24) is 10.6 Å². The quantitative estimate of drug-likeness (QED) is 0.794. The van der Waals surface area contributed by atoms with E-state index >= 15 is 0 Å². The lowest BCUT2D eigenvalue weighted by atomic mass is 9.69. The van der Waals surface area contributed by atoms with E-state index in [1.54, 1.807) is 0 Å². The molecule has 3 nitrogen and oxygen atoms in total. The van der Waals surface area contributed by atoms with Gasteiger partial charge in [-0.05, 0) is 49.9 Å². The highest BCUT2D eigenvalue weighted by Crippen LogP contribution is 2.39. The Kier molecular flexibility index (Phi) is 5.48. The summed E-state index contributed by atoms with van der Waals surface area (Å²) in [6.07, 6.45) is 4.75. The van der Waals surface area contributed by atoms with Gasteiger partial charge in [-0.1, -0.05) is 27.7 Å². The van der Waals surface area contributed by atoms with Crippen LogP contribution >= 0.6 is 0 Å². The molecular weight excluding hydrogens is 224 g/mol. The van der Waals surface area contributed by atoms with Crippen molar-refractivity contribution in [2.75, 3.05) is 6.54 Å². The third kappa shape index (κ3) is 4.51. The summed E-state index contributed by atoms with van der Waals surface area (Å²) in [4.78, 5) is 11.5. The molecule has 1 rings (SSSR count). The first-order valence-corrected chi connectivity index (χ1v) is 7.39. The number of urea groups is 1. The number of hydrogen-bond donors (Lipinski definition) is 2. The van der Waals surface area contributed by atoms with Crippen molar-refractivity contribution in [3.8, 4) is 0 Å². The summed E-state index contributed by atoms with van der Waals surface area (Å²) in [6.45, 7) is 12.0. The van der Waals surface area contributed by atoms with E-state index in [1.807, 2.05) is 6.92 Å². The van der Waals surface area contributed by atoms with Gasteiger partial charge < -0.3 is 10.6 Å². The van der Waals surface area contributed by atoms with E-state index in [4.69, 9.17) is 0 Å². The van der Waals surface area contributed by atoms with Crippen LogP contribution in [0.3, 0.4) is 0 Å². The molecular formula is C15H30N2O. The van der Waals surface area contributed by atoms with Crippen molar-refractivity contribution in [2.24, 2.45) is 17.3 Å². The first-order valence-electron chi connectivity index (χ1n) is 7.39. The molecule has 1 unspecified atom stereocenters. The maximum atomic E-state index is 11.5. The Labute approximate surface area is 112 Å². The Morgan fingerprint density at radius 2 is 1.78 bits per heavy atom. The van der Waals surface area contributed by atoms with Gasteiger partial charge in [0.05, 0.1) is 0 Å². The van der Waals surface area contributed by atoms with E-state index in [1.165, 1.54) is 12.8 Å². The molecule has 0 aliphatic heterocycles. The van der Waals surface area contributed by atoms with E-state index < -0.39 is 0 Å². The van der Waals surface area contributed by atoms with Crippen LogP contribution in [0.25, 0.3) is 0 Å². The van der Waals surface area contributed by atoms with E-state index in [0.29, 0.717) is 18.0 Å². The summed E-state index contributed by atoms with van der Waals surface area (Å²) in [5.41, 5.74) is 0.393. The Morgan fingerprint density at radius 3 is 2.22 bits per heavy atom. The second-order valence-electron chi connectivity index (χ2n) is 6.77. The molecule has 0 aromatic heterocycles. The van der Waals surface area contributed by atoms with Crippen molar-refractivity contribution in [2.45, 2.75) is 66.3 Å². The third-order valence-corrected chi connectivity index (χ3v) is 4.52. The summed E-state index contributed by atoms with van der Waals surface area (Å²) in [5.74, 6) is 1.57. The molecule has 0 aromatic carbocycles. The van der Waals surface area contributed by atoms with Gasteiger partial charge in [0, 0.05) is 12.6 Å². The van der Waals surface area contributed by atoms with E-state index in [2.05, 4.69) is 38.3 Å². The zero-order chi connectivity index (χ0) is 13.8. The lowest BCUT2D eigenvalue weighted by Gasteiger charge is -2.38. The van der Waals surface area contributed by atoms with E-state index in [9.17, 15) is 4.79 Å². The molecule has 0 aromatic rings. The fraction of sp³-hybridized carbons (Fsp3) is 0.933. The molecule has 0 spiro atoms. The van der Waals surface area contributed by atoms with Crippen LogP contribution < -0.4 is 10.6 Å². The molecule has 1 fully saturated rings. The monoisotopic (exact) mass is 254 g/mol. The Bertz CT molecular complexity index is 262. The average Bonchev–Trinajstić information content (AvgIpc) is 2.28. The van der Waals surface area contributed by atoms with Crippen LogP contribution in [0.1, 0.15) is 60.3 Å². The number of hydrogen-bond acceptors (Lipinski definition) is 1. The molecule has 1 atom stereocenters. The molecule has 0 saturated heterocycles. The molecule has 18 heavy (non-hydrogen) atoms. The van der Waals surface area contributed by atoms with Gasteiger partial charge in [-0.15, -0.1) is 0 Å². The highest BCUT2D eigenvalue weighted by molar-refractivity contribution is 5.74. The maximum absolute atomic E-state index is 11.5. The van der Waals surface area contributed by atoms with Gasteiger partial charge >= 0.3 is 6.03 Å². The fourth-order valence-electron chi connectivity index (χ4n) is 2.87. The molecule has 0 heterocycles. The standard InChI is InChI=1S/C15H30N2O/c1-6-16-14(18)17-13-9-7-12(8-10-13)11(2)15(3,4)5/h11-13H,6-10H2,1-5H3,(H2,16,17,18). The normalized spacial score (nSPS) is 26.5. The predicted molar refractivity (Wildman–Crippen MR) is 76.6 cm³/mol. The van der Waals surface area contributed by atoms with Crippen molar-refractivity contribution in [3.05, 3.63) is 0 Å². The molecule has 2 amide bonds. The summed E-state index contributed by atoms with van der Waals surface area (Å²) < 4.78 is 0. The zero-order valence-corrected chi connectivity index (χ0v) is 12.7. The van der Waals surface area contributed by atoms with Gasteiger partial charge in [0.25, 0.3) is 0 Å². The molecule has 2 N–H and O–H groups in total. The second-order valence-corrected chi connectivity index (χ2v) is 6.77. The van der Waals surface area contributed by atoms with Crippen molar-refractivity contribution < 1.29 is 4.79 Å². The molecule has 0 bridgehead atoms. The molecule has 0 radical (unpaired) electrons. The maximum Gasteiger partial charge on any atom is 0.314 e. The van der Waals surface area contributed by atoms with Crippen LogP contribution in [0.15, 0.2) is 0 Å². The number of rotatable bonds is 3. The number of carbonyl (C=O) groups excluding carboxylic acids is 1. The fourth-order valence-corrected chi connectivity index (χ4v) is 2.87.